The molecule has 2 fully saturated rings. The lowest BCUT2D eigenvalue weighted by Crippen LogP contribution is -2.47. The molecule has 2 N–H and O–H groups in total. The van der Waals surface area contributed by atoms with Gasteiger partial charge in [0.05, 0.1) is 9.83 Å². The Kier molecular flexibility index (Phi) is 4.86. The molecule has 0 aromatic carbocycles. The first-order chi connectivity index (χ1) is 9.65. The number of nitrogens with zero attached hydrogens (tertiary/aromatic N) is 1. The van der Waals surface area contributed by atoms with Gasteiger partial charge in [0.1, 0.15) is 0 Å². The minimum atomic E-state index is 0.195. The maximum Gasteiger partial charge on any atom is 0.0702 e. The number of hydrogen-bond acceptors (Lipinski definition) is 3. The van der Waals surface area contributed by atoms with Gasteiger partial charge in [-0.25, -0.2) is 0 Å². The summed E-state index contributed by atoms with van der Waals surface area (Å²) in [6, 6.07) is 4.99. The highest BCUT2D eigenvalue weighted by molar-refractivity contribution is 9.11. The first kappa shape index (κ1) is 15.0. The monoisotopic (exact) mass is 356 g/mol. The molecular weight excluding hydrogens is 332 g/mol. The van der Waals surface area contributed by atoms with Crippen LogP contribution in [-0.2, 0) is 0 Å². The maximum absolute atomic E-state index is 6.33. The molecule has 0 spiro atoms. The molecule has 0 bridgehead atoms. The highest BCUT2D eigenvalue weighted by Gasteiger charge is 2.35. The quantitative estimate of drug-likeness (QED) is 0.868. The highest BCUT2D eigenvalue weighted by atomic mass is 79.9. The lowest BCUT2D eigenvalue weighted by atomic mass is 9.74. The third-order valence-electron chi connectivity index (χ3n) is 5.10. The number of halogens is 1. The number of thiophene rings is 1. The van der Waals surface area contributed by atoms with Gasteiger partial charge >= 0.3 is 0 Å². The van der Waals surface area contributed by atoms with Crippen LogP contribution >= 0.6 is 27.3 Å². The van der Waals surface area contributed by atoms with Crippen molar-refractivity contribution in [1.29, 1.82) is 0 Å². The molecule has 2 heterocycles. The van der Waals surface area contributed by atoms with Crippen LogP contribution < -0.4 is 5.73 Å². The zero-order valence-corrected chi connectivity index (χ0v) is 14.6. The predicted octanol–water partition coefficient (Wildman–Crippen LogP) is 4.41. The lowest BCUT2D eigenvalue weighted by Gasteiger charge is -2.45. The van der Waals surface area contributed by atoms with Gasteiger partial charge < -0.3 is 5.73 Å². The molecule has 4 heteroatoms. The first-order valence-corrected chi connectivity index (χ1v) is 9.51. The fourth-order valence-corrected chi connectivity index (χ4v) is 5.82. The van der Waals surface area contributed by atoms with Crippen molar-refractivity contribution in [3.63, 3.8) is 0 Å². The minimum absolute atomic E-state index is 0.195. The number of piperidine rings is 1. The molecule has 20 heavy (non-hydrogen) atoms. The molecule has 4 atom stereocenters. The first-order valence-electron chi connectivity index (χ1n) is 7.90. The van der Waals surface area contributed by atoms with E-state index in [0.29, 0.717) is 6.04 Å². The average Bonchev–Trinajstić information content (AvgIpc) is 2.85. The van der Waals surface area contributed by atoms with E-state index in [9.17, 15) is 0 Å². The molecule has 0 radical (unpaired) electrons. The molecule has 2 aliphatic rings. The van der Waals surface area contributed by atoms with E-state index in [-0.39, 0.29) is 6.04 Å². The lowest BCUT2D eigenvalue weighted by molar-refractivity contribution is 0.0506. The van der Waals surface area contributed by atoms with Gasteiger partial charge in [-0.1, -0.05) is 19.3 Å². The van der Waals surface area contributed by atoms with Crippen molar-refractivity contribution >= 4 is 27.3 Å². The molecule has 3 rings (SSSR count). The molecule has 1 aromatic rings. The van der Waals surface area contributed by atoms with Gasteiger partial charge in [0, 0.05) is 17.5 Å². The van der Waals surface area contributed by atoms with Crippen LogP contribution in [0.25, 0.3) is 0 Å². The third kappa shape index (κ3) is 3.13. The van der Waals surface area contributed by atoms with E-state index in [1.54, 1.807) is 0 Å². The summed E-state index contributed by atoms with van der Waals surface area (Å²) in [4.78, 5) is 4.08. The molecule has 1 aromatic heterocycles. The van der Waals surface area contributed by atoms with Gasteiger partial charge in [-0.15, -0.1) is 11.3 Å². The Morgan fingerprint density at radius 1 is 1.25 bits per heavy atom. The van der Waals surface area contributed by atoms with Gasteiger partial charge in [-0.05, 0) is 66.2 Å². The van der Waals surface area contributed by atoms with Crippen molar-refractivity contribution in [1.82, 2.24) is 4.90 Å². The Hall–Kier alpha value is 0.1000. The summed E-state index contributed by atoms with van der Waals surface area (Å²) in [6.45, 7) is 4.64. The van der Waals surface area contributed by atoms with E-state index >= 15 is 0 Å². The Morgan fingerprint density at radius 3 is 2.65 bits per heavy atom. The zero-order chi connectivity index (χ0) is 14.1. The fourth-order valence-electron chi connectivity index (χ4n) is 4.14. The van der Waals surface area contributed by atoms with Crippen molar-refractivity contribution in [3.8, 4) is 0 Å². The molecule has 1 saturated carbocycles. The topological polar surface area (TPSA) is 29.3 Å². The second-order valence-electron chi connectivity index (χ2n) is 6.53. The van der Waals surface area contributed by atoms with Crippen molar-refractivity contribution in [2.45, 2.75) is 51.1 Å². The van der Waals surface area contributed by atoms with Crippen LogP contribution in [0.1, 0.15) is 49.9 Å². The van der Waals surface area contributed by atoms with Crippen LogP contribution in [0.15, 0.2) is 15.9 Å². The largest absolute Gasteiger partial charge is 0.326 e. The number of fused-ring (bicyclic) bond motifs is 1. The molecule has 112 valence electrons. The number of hydrogen-bond donors (Lipinski definition) is 1. The number of rotatable bonds is 3. The Morgan fingerprint density at radius 2 is 2.00 bits per heavy atom. The summed E-state index contributed by atoms with van der Waals surface area (Å²) in [5.74, 6) is 1.91. The summed E-state index contributed by atoms with van der Waals surface area (Å²) in [7, 11) is 0. The van der Waals surface area contributed by atoms with E-state index < -0.39 is 0 Å². The van der Waals surface area contributed by atoms with Gasteiger partial charge in [0.25, 0.3) is 0 Å². The molecule has 0 amide bonds. The summed E-state index contributed by atoms with van der Waals surface area (Å²) >= 11 is 5.43. The Labute approximate surface area is 134 Å². The zero-order valence-electron chi connectivity index (χ0n) is 12.2. The molecule has 1 saturated heterocycles. The van der Waals surface area contributed by atoms with E-state index in [1.807, 2.05) is 11.3 Å². The second-order valence-corrected chi connectivity index (χ2v) is 9.03. The normalized spacial score (nSPS) is 30.8. The summed E-state index contributed by atoms with van der Waals surface area (Å²) < 4.78 is 1.21. The van der Waals surface area contributed by atoms with Gasteiger partial charge in [0.2, 0.25) is 0 Å². The SMILES string of the molecule is CC(N)C(c1ccc(Br)s1)N1CCC2CCCCC2C1. The molecule has 4 unspecified atom stereocenters. The summed E-state index contributed by atoms with van der Waals surface area (Å²) in [6.07, 6.45) is 7.16. The fraction of sp³-hybridized carbons (Fsp3) is 0.750. The van der Waals surface area contributed by atoms with Crippen molar-refractivity contribution < 1.29 is 0 Å². The summed E-state index contributed by atoms with van der Waals surface area (Å²) in [5, 5.41) is 0. The van der Waals surface area contributed by atoms with Crippen LogP contribution in [0.4, 0.5) is 0 Å². The van der Waals surface area contributed by atoms with Gasteiger partial charge in [-0.2, -0.15) is 0 Å². The van der Waals surface area contributed by atoms with E-state index in [4.69, 9.17) is 5.73 Å². The molecule has 1 aliphatic carbocycles. The van der Waals surface area contributed by atoms with Gasteiger partial charge in [0.15, 0.2) is 0 Å². The number of likely N-dealkylation sites (tertiary alicyclic amines) is 1. The minimum Gasteiger partial charge on any atom is -0.326 e. The van der Waals surface area contributed by atoms with Crippen molar-refractivity contribution in [2.75, 3.05) is 13.1 Å². The van der Waals surface area contributed by atoms with Crippen molar-refractivity contribution in [3.05, 3.63) is 20.8 Å². The molecular formula is C16H25BrN2S. The third-order valence-corrected chi connectivity index (χ3v) is 6.79. The van der Waals surface area contributed by atoms with Crippen LogP contribution in [0.5, 0.6) is 0 Å². The molecule has 2 nitrogen and oxygen atoms in total. The van der Waals surface area contributed by atoms with E-state index in [0.717, 1.165) is 11.8 Å². The highest BCUT2D eigenvalue weighted by Crippen LogP contribution is 2.40. The average molecular weight is 357 g/mol. The van der Waals surface area contributed by atoms with Crippen LogP contribution in [-0.4, -0.2) is 24.0 Å². The van der Waals surface area contributed by atoms with Crippen molar-refractivity contribution in [2.24, 2.45) is 17.6 Å². The van der Waals surface area contributed by atoms with E-state index in [2.05, 4.69) is 39.9 Å². The predicted molar refractivity (Wildman–Crippen MR) is 90.0 cm³/mol. The van der Waals surface area contributed by atoms with Crippen LogP contribution in [0.3, 0.4) is 0 Å². The van der Waals surface area contributed by atoms with Crippen LogP contribution in [0.2, 0.25) is 0 Å². The molecule has 1 aliphatic heterocycles. The van der Waals surface area contributed by atoms with Gasteiger partial charge in [-0.3, -0.25) is 4.90 Å². The summed E-state index contributed by atoms with van der Waals surface area (Å²) in [5.41, 5.74) is 6.33. The standard InChI is InChI=1S/C16H25BrN2S/c1-11(18)16(14-6-7-15(17)20-14)19-9-8-12-4-2-3-5-13(12)10-19/h6-7,11-13,16H,2-5,8-10,18H2,1H3. The maximum atomic E-state index is 6.33. The van der Waals surface area contributed by atoms with Crippen LogP contribution in [0, 0.1) is 11.8 Å². The second kappa shape index (κ2) is 6.47. The Balaban J connectivity index is 1.75. The number of nitrogens with two attached hydrogens (primary N) is 1. The van der Waals surface area contributed by atoms with E-state index in [1.165, 1.54) is 53.9 Å². The smallest absolute Gasteiger partial charge is 0.0702 e. The Bertz CT molecular complexity index is 445.